The number of carbonyl (C=O) groups excluding carboxylic acids is 3. The van der Waals surface area contributed by atoms with Gasteiger partial charge in [0.1, 0.15) is 37.6 Å². The van der Waals surface area contributed by atoms with Gasteiger partial charge in [0.15, 0.2) is 12.2 Å². The van der Waals surface area contributed by atoms with Crippen molar-refractivity contribution >= 4 is 17.8 Å². The molecule has 1 fully saturated rings. The average molecular weight is 532 g/mol. The molecule has 5 unspecified atom stereocenters. The number of hydrogen-bond donors (Lipinski definition) is 4. The SMILES string of the molecule is COC1OC(CNC(=O)CCC(C(=O)OCc2ccccc2)C(=O)OCc2ccccc2)C(O)C(O)C1O. The molecule has 1 aliphatic heterocycles. The van der Waals surface area contributed by atoms with E-state index in [2.05, 4.69) is 5.32 Å². The van der Waals surface area contributed by atoms with Gasteiger partial charge in [0, 0.05) is 20.1 Å². The molecule has 206 valence electrons. The highest BCUT2D eigenvalue weighted by Gasteiger charge is 2.44. The van der Waals surface area contributed by atoms with Crippen LogP contribution in [0.1, 0.15) is 24.0 Å². The summed E-state index contributed by atoms with van der Waals surface area (Å²) in [7, 11) is 1.27. The van der Waals surface area contributed by atoms with E-state index in [4.69, 9.17) is 18.9 Å². The number of rotatable bonds is 12. The maximum atomic E-state index is 12.8. The van der Waals surface area contributed by atoms with Crippen molar-refractivity contribution in [1.29, 1.82) is 0 Å². The number of benzene rings is 2. The molecule has 38 heavy (non-hydrogen) atoms. The van der Waals surface area contributed by atoms with Crippen molar-refractivity contribution in [1.82, 2.24) is 5.32 Å². The maximum Gasteiger partial charge on any atom is 0.320 e. The molecule has 0 aromatic heterocycles. The van der Waals surface area contributed by atoms with Crippen LogP contribution in [0.3, 0.4) is 0 Å². The van der Waals surface area contributed by atoms with Crippen LogP contribution in [-0.4, -0.2) is 77.5 Å². The summed E-state index contributed by atoms with van der Waals surface area (Å²) < 4.78 is 21.0. The van der Waals surface area contributed by atoms with E-state index in [1.807, 2.05) is 12.1 Å². The van der Waals surface area contributed by atoms with Crippen LogP contribution in [0.25, 0.3) is 0 Å². The predicted molar refractivity (Wildman–Crippen MR) is 132 cm³/mol. The highest BCUT2D eigenvalue weighted by atomic mass is 16.7. The summed E-state index contributed by atoms with van der Waals surface area (Å²) in [6, 6.07) is 17.9. The van der Waals surface area contributed by atoms with Crippen LogP contribution >= 0.6 is 0 Å². The van der Waals surface area contributed by atoms with Crippen LogP contribution in [0.15, 0.2) is 60.7 Å². The molecule has 0 bridgehead atoms. The Bertz CT molecular complexity index is 977. The van der Waals surface area contributed by atoms with E-state index < -0.39 is 54.5 Å². The van der Waals surface area contributed by atoms with Crippen LogP contribution < -0.4 is 5.32 Å². The van der Waals surface area contributed by atoms with Gasteiger partial charge in [-0.3, -0.25) is 14.4 Å². The Hall–Kier alpha value is -3.35. The molecule has 3 rings (SSSR count). The molecule has 1 amide bonds. The monoisotopic (exact) mass is 531 g/mol. The second kappa shape index (κ2) is 14.6. The Morgan fingerprint density at radius 1 is 0.842 bits per heavy atom. The lowest BCUT2D eigenvalue weighted by Gasteiger charge is -2.39. The van der Waals surface area contributed by atoms with Crippen molar-refractivity contribution in [3.05, 3.63) is 71.8 Å². The zero-order valence-electron chi connectivity index (χ0n) is 21.0. The zero-order valence-corrected chi connectivity index (χ0v) is 21.0. The van der Waals surface area contributed by atoms with E-state index in [-0.39, 0.29) is 32.6 Å². The summed E-state index contributed by atoms with van der Waals surface area (Å²) in [4.78, 5) is 38.1. The van der Waals surface area contributed by atoms with Crippen LogP contribution in [-0.2, 0) is 46.5 Å². The molecule has 0 spiro atoms. The van der Waals surface area contributed by atoms with Gasteiger partial charge in [0.25, 0.3) is 0 Å². The third kappa shape index (κ3) is 8.33. The predicted octanol–water partition coefficient (Wildman–Crippen LogP) is 0.440. The van der Waals surface area contributed by atoms with Crippen LogP contribution in [0, 0.1) is 5.92 Å². The molecule has 5 atom stereocenters. The summed E-state index contributed by atoms with van der Waals surface area (Å²) in [6.07, 6.45) is -7.09. The minimum absolute atomic E-state index is 0.0416. The first kappa shape index (κ1) is 29.2. The summed E-state index contributed by atoms with van der Waals surface area (Å²) in [5.41, 5.74) is 1.48. The zero-order chi connectivity index (χ0) is 27.5. The van der Waals surface area contributed by atoms with Gasteiger partial charge in [-0.2, -0.15) is 0 Å². The topological polar surface area (TPSA) is 161 Å². The first-order valence-electron chi connectivity index (χ1n) is 12.2. The number of aliphatic hydroxyl groups is 3. The van der Waals surface area contributed by atoms with Gasteiger partial charge in [-0.1, -0.05) is 60.7 Å². The average Bonchev–Trinajstić information content (AvgIpc) is 2.94. The summed E-state index contributed by atoms with van der Waals surface area (Å²) in [6.45, 7) is -0.286. The van der Waals surface area contributed by atoms with Crippen LogP contribution in [0.4, 0.5) is 0 Å². The van der Waals surface area contributed by atoms with Gasteiger partial charge in [0.2, 0.25) is 5.91 Å². The molecular weight excluding hydrogens is 498 g/mol. The van der Waals surface area contributed by atoms with Crippen molar-refractivity contribution < 1.29 is 48.7 Å². The fraction of sp³-hybridized carbons (Fsp3) is 0.444. The van der Waals surface area contributed by atoms with Crippen molar-refractivity contribution in [2.75, 3.05) is 13.7 Å². The second-order valence-corrected chi connectivity index (χ2v) is 8.83. The third-order valence-electron chi connectivity index (χ3n) is 6.08. The largest absolute Gasteiger partial charge is 0.460 e. The van der Waals surface area contributed by atoms with E-state index in [1.165, 1.54) is 7.11 Å². The number of esters is 2. The van der Waals surface area contributed by atoms with E-state index >= 15 is 0 Å². The van der Waals surface area contributed by atoms with Crippen LogP contribution in [0.2, 0.25) is 0 Å². The Balaban J connectivity index is 1.56. The Morgan fingerprint density at radius 2 is 1.37 bits per heavy atom. The van der Waals surface area contributed by atoms with Gasteiger partial charge in [0.05, 0.1) is 0 Å². The summed E-state index contributed by atoms with van der Waals surface area (Å²) in [5, 5.41) is 32.5. The van der Waals surface area contributed by atoms with Crippen LogP contribution in [0.5, 0.6) is 0 Å². The van der Waals surface area contributed by atoms with Crippen molar-refractivity contribution in [3.8, 4) is 0 Å². The quantitative estimate of drug-likeness (QED) is 0.223. The number of nitrogens with one attached hydrogen (secondary N) is 1. The molecule has 1 aliphatic rings. The molecule has 1 heterocycles. The molecular formula is C27H33NO10. The normalized spacial score (nSPS) is 23.0. The number of carbonyl (C=O) groups is 3. The third-order valence-corrected chi connectivity index (χ3v) is 6.08. The lowest BCUT2D eigenvalue weighted by Crippen LogP contribution is -2.60. The fourth-order valence-electron chi connectivity index (χ4n) is 3.85. The minimum Gasteiger partial charge on any atom is -0.460 e. The van der Waals surface area contributed by atoms with Crippen molar-refractivity contribution in [2.45, 2.75) is 56.8 Å². The molecule has 2 aromatic rings. The first-order valence-corrected chi connectivity index (χ1v) is 12.2. The molecule has 11 nitrogen and oxygen atoms in total. The Morgan fingerprint density at radius 3 is 1.87 bits per heavy atom. The number of amides is 1. The number of methoxy groups -OCH3 is 1. The lowest BCUT2D eigenvalue weighted by atomic mass is 9.98. The highest BCUT2D eigenvalue weighted by molar-refractivity contribution is 5.95. The molecule has 11 heteroatoms. The number of hydrogen-bond acceptors (Lipinski definition) is 10. The molecule has 0 aliphatic carbocycles. The molecule has 0 radical (unpaired) electrons. The number of aliphatic hydroxyl groups excluding tert-OH is 3. The van der Waals surface area contributed by atoms with Crippen molar-refractivity contribution in [2.24, 2.45) is 5.92 Å². The number of ether oxygens (including phenoxy) is 4. The second-order valence-electron chi connectivity index (χ2n) is 8.83. The summed E-state index contributed by atoms with van der Waals surface area (Å²) >= 11 is 0. The van der Waals surface area contributed by atoms with E-state index in [1.54, 1.807) is 48.5 Å². The Labute approximate surface area is 220 Å². The van der Waals surface area contributed by atoms with E-state index in [9.17, 15) is 29.7 Å². The van der Waals surface area contributed by atoms with Gasteiger partial charge in [-0.25, -0.2) is 0 Å². The smallest absolute Gasteiger partial charge is 0.320 e. The Kier molecular flexibility index (Phi) is 11.2. The van der Waals surface area contributed by atoms with E-state index in [0.29, 0.717) is 0 Å². The molecule has 1 saturated heterocycles. The van der Waals surface area contributed by atoms with Gasteiger partial charge in [-0.15, -0.1) is 0 Å². The highest BCUT2D eigenvalue weighted by Crippen LogP contribution is 2.21. The maximum absolute atomic E-state index is 12.8. The summed E-state index contributed by atoms with van der Waals surface area (Å²) in [5.74, 6) is -3.50. The van der Waals surface area contributed by atoms with Gasteiger partial charge < -0.3 is 39.6 Å². The molecule has 4 N–H and O–H groups in total. The van der Waals surface area contributed by atoms with Crippen molar-refractivity contribution in [3.63, 3.8) is 0 Å². The molecule has 2 aromatic carbocycles. The fourth-order valence-corrected chi connectivity index (χ4v) is 3.85. The van der Waals surface area contributed by atoms with E-state index in [0.717, 1.165) is 11.1 Å². The van der Waals surface area contributed by atoms with Gasteiger partial charge in [-0.05, 0) is 17.5 Å². The minimum atomic E-state index is -1.53. The molecule has 0 saturated carbocycles. The lowest BCUT2D eigenvalue weighted by molar-refractivity contribution is -0.288. The first-order chi connectivity index (χ1) is 18.3. The van der Waals surface area contributed by atoms with Gasteiger partial charge >= 0.3 is 11.9 Å². The standard InChI is InChI=1S/C27H33NO10/c1-35-27-24(32)23(31)22(30)20(38-27)14-28-21(29)13-12-19(25(33)36-15-17-8-4-2-5-9-17)26(34)37-16-18-10-6-3-7-11-18/h2-11,19-20,22-24,27,30-32H,12-16H2,1H3,(H,28,29).